The SMILES string of the molecule is CCC(CO)Cc1cc(Cl)cc(Cl)c1OC. The Kier molecular flexibility index (Phi) is 5.39. The van der Waals surface area contributed by atoms with E-state index in [2.05, 4.69) is 0 Å². The van der Waals surface area contributed by atoms with E-state index in [1.165, 1.54) is 0 Å². The van der Waals surface area contributed by atoms with E-state index < -0.39 is 0 Å². The second-order valence-corrected chi connectivity index (χ2v) is 4.58. The molecule has 0 aliphatic heterocycles. The van der Waals surface area contributed by atoms with Crippen LogP contribution in [0.3, 0.4) is 0 Å². The molecular formula is C12H16Cl2O2. The molecule has 1 atom stereocenters. The van der Waals surface area contributed by atoms with Gasteiger partial charge < -0.3 is 9.84 Å². The predicted octanol–water partition coefficient (Wildman–Crippen LogP) is 3.56. The van der Waals surface area contributed by atoms with Crippen LogP contribution in [0.1, 0.15) is 18.9 Å². The van der Waals surface area contributed by atoms with Crippen molar-refractivity contribution in [1.82, 2.24) is 0 Å². The maximum atomic E-state index is 9.18. The number of rotatable bonds is 5. The number of halogens is 2. The lowest BCUT2D eigenvalue weighted by molar-refractivity contribution is 0.221. The van der Waals surface area contributed by atoms with E-state index in [0.717, 1.165) is 18.4 Å². The van der Waals surface area contributed by atoms with Crippen LogP contribution in [0.5, 0.6) is 5.75 Å². The molecule has 1 aromatic carbocycles. The van der Waals surface area contributed by atoms with Crippen LogP contribution in [0.2, 0.25) is 10.0 Å². The molecule has 90 valence electrons. The van der Waals surface area contributed by atoms with Crippen molar-refractivity contribution in [2.24, 2.45) is 5.92 Å². The minimum atomic E-state index is 0.157. The summed E-state index contributed by atoms with van der Waals surface area (Å²) in [7, 11) is 1.58. The number of hydrogen-bond acceptors (Lipinski definition) is 2. The van der Waals surface area contributed by atoms with E-state index >= 15 is 0 Å². The van der Waals surface area contributed by atoms with Crippen molar-refractivity contribution >= 4 is 23.2 Å². The Labute approximate surface area is 106 Å². The van der Waals surface area contributed by atoms with E-state index in [1.807, 2.05) is 13.0 Å². The molecule has 0 aromatic heterocycles. The van der Waals surface area contributed by atoms with Gasteiger partial charge in [-0.2, -0.15) is 0 Å². The molecule has 0 bridgehead atoms. The van der Waals surface area contributed by atoms with E-state index in [0.29, 0.717) is 15.8 Å². The highest BCUT2D eigenvalue weighted by Gasteiger charge is 2.14. The summed E-state index contributed by atoms with van der Waals surface area (Å²) in [6.07, 6.45) is 1.63. The van der Waals surface area contributed by atoms with Gasteiger partial charge in [0.1, 0.15) is 5.75 Å². The second kappa shape index (κ2) is 6.33. The molecule has 0 saturated carbocycles. The molecule has 1 unspecified atom stereocenters. The topological polar surface area (TPSA) is 29.5 Å². The van der Waals surface area contributed by atoms with E-state index in [1.54, 1.807) is 13.2 Å². The molecule has 0 fully saturated rings. The molecule has 1 N–H and O–H groups in total. The second-order valence-electron chi connectivity index (χ2n) is 3.74. The Balaban J connectivity index is 3.01. The summed E-state index contributed by atoms with van der Waals surface area (Å²) in [4.78, 5) is 0. The van der Waals surface area contributed by atoms with Crippen molar-refractivity contribution in [2.45, 2.75) is 19.8 Å². The summed E-state index contributed by atoms with van der Waals surface area (Å²) in [5.74, 6) is 0.862. The van der Waals surface area contributed by atoms with Gasteiger partial charge in [-0.25, -0.2) is 0 Å². The fourth-order valence-corrected chi connectivity index (χ4v) is 2.26. The maximum Gasteiger partial charge on any atom is 0.140 e. The standard InChI is InChI=1S/C12H16Cl2O2/c1-3-8(7-15)4-9-5-10(13)6-11(14)12(9)16-2/h5-6,8,15H,3-4,7H2,1-2H3. The molecule has 0 radical (unpaired) electrons. The van der Waals surface area contributed by atoms with Crippen molar-refractivity contribution in [2.75, 3.05) is 13.7 Å². The van der Waals surface area contributed by atoms with Gasteiger partial charge in [0, 0.05) is 11.6 Å². The van der Waals surface area contributed by atoms with Gasteiger partial charge in [0.2, 0.25) is 0 Å². The van der Waals surface area contributed by atoms with Crippen molar-refractivity contribution < 1.29 is 9.84 Å². The number of aliphatic hydroxyl groups is 1. The van der Waals surface area contributed by atoms with Gasteiger partial charge in [-0.1, -0.05) is 36.5 Å². The van der Waals surface area contributed by atoms with Crippen LogP contribution in [-0.4, -0.2) is 18.8 Å². The zero-order chi connectivity index (χ0) is 12.1. The summed E-state index contributed by atoms with van der Waals surface area (Å²) in [5, 5.41) is 10.3. The van der Waals surface area contributed by atoms with E-state index in [9.17, 15) is 5.11 Å². The van der Waals surface area contributed by atoms with Gasteiger partial charge in [-0.15, -0.1) is 0 Å². The van der Waals surface area contributed by atoms with Crippen LogP contribution in [0.15, 0.2) is 12.1 Å². The maximum absolute atomic E-state index is 9.18. The van der Waals surface area contributed by atoms with Crippen molar-refractivity contribution in [3.05, 3.63) is 27.7 Å². The largest absolute Gasteiger partial charge is 0.495 e. The highest BCUT2D eigenvalue weighted by molar-refractivity contribution is 6.35. The predicted molar refractivity (Wildman–Crippen MR) is 67.6 cm³/mol. The molecule has 1 aromatic rings. The molecule has 0 heterocycles. The zero-order valence-electron chi connectivity index (χ0n) is 9.46. The Hall–Kier alpha value is -0.440. The summed E-state index contributed by atoms with van der Waals surface area (Å²) in [5.41, 5.74) is 0.945. The molecular weight excluding hydrogens is 247 g/mol. The van der Waals surface area contributed by atoms with Gasteiger partial charge in [0.05, 0.1) is 12.1 Å². The summed E-state index contributed by atoms with van der Waals surface area (Å²) in [6, 6.07) is 3.50. The molecule has 16 heavy (non-hydrogen) atoms. The molecule has 0 spiro atoms. The Morgan fingerprint density at radius 1 is 1.38 bits per heavy atom. The molecule has 4 heteroatoms. The van der Waals surface area contributed by atoms with Crippen molar-refractivity contribution in [3.8, 4) is 5.75 Å². The lowest BCUT2D eigenvalue weighted by atomic mass is 9.97. The van der Waals surface area contributed by atoms with Crippen molar-refractivity contribution in [1.29, 1.82) is 0 Å². The number of aliphatic hydroxyl groups excluding tert-OH is 1. The molecule has 0 amide bonds. The monoisotopic (exact) mass is 262 g/mol. The summed E-state index contributed by atoms with van der Waals surface area (Å²) >= 11 is 12.0. The minimum absolute atomic E-state index is 0.157. The van der Waals surface area contributed by atoms with Crippen molar-refractivity contribution in [3.63, 3.8) is 0 Å². The van der Waals surface area contributed by atoms with Crippen LogP contribution in [0.4, 0.5) is 0 Å². The highest BCUT2D eigenvalue weighted by Crippen LogP contribution is 2.33. The first kappa shape index (κ1) is 13.6. The third-order valence-corrected chi connectivity index (χ3v) is 3.13. The molecule has 0 aliphatic carbocycles. The Bertz CT molecular complexity index is 349. The number of hydrogen-bond donors (Lipinski definition) is 1. The van der Waals surface area contributed by atoms with Crippen LogP contribution >= 0.6 is 23.2 Å². The summed E-state index contributed by atoms with van der Waals surface area (Å²) in [6.45, 7) is 2.20. The zero-order valence-corrected chi connectivity index (χ0v) is 11.0. The average molecular weight is 263 g/mol. The van der Waals surface area contributed by atoms with E-state index in [-0.39, 0.29) is 12.5 Å². The Morgan fingerprint density at radius 3 is 2.56 bits per heavy atom. The fraction of sp³-hybridized carbons (Fsp3) is 0.500. The van der Waals surface area contributed by atoms with Gasteiger partial charge in [0.25, 0.3) is 0 Å². The highest BCUT2D eigenvalue weighted by atomic mass is 35.5. The van der Waals surface area contributed by atoms with Crippen LogP contribution < -0.4 is 4.74 Å². The van der Waals surface area contributed by atoms with Gasteiger partial charge in [-0.05, 0) is 30.0 Å². The molecule has 2 nitrogen and oxygen atoms in total. The lowest BCUT2D eigenvalue weighted by Crippen LogP contribution is -2.09. The van der Waals surface area contributed by atoms with Gasteiger partial charge in [0.15, 0.2) is 0 Å². The van der Waals surface area contributed by atoms with Crippen LogP contribution in [0.25, 0.3) is 0 Å². The average Bonchev–Trinajstić information content (AvgIpc) is 2.25. The van der Waals surface area contributed by atoms with Gasteiger partial charge >= 0.3 is 0 Å². The summed E-state index contributed by atoms with van der Waals surface area (Å²) < 4.78 is 5.25. The smallest absolute Gasteiger partial charge is 0.140 e. The first-order valence-electron chi connectivity index (χ1n) is 5.25. The molecule has 0 aliphatic rings. The fourth-order valence-electron chi connectivity index (χ4n) is 1.64. The Morgan fingerprint density at radius 2 is 2.06 bits per heavy atom. The third-order valence-electron chi connectivity index (χ3n) is 2.63. The normalized spacial score (nSPS) is 12.6. The molecule has 0 saturated heterocycles. The minimum Gasteiger partial charge on any atom is -0.495 e. The number of benzene rings is 1. The van der Waals surface area contributed by atoms with Gasteiger partial charge in [-0.3, -0.25) is 0 Å². The lowest BCUT2D eigenvalue weighted by Gasteiger charge is -2.15. The van der Waals surface area contributed by atoms with Crippen LogP contribution in [-0.2, 0) is 6.42 Å². The number of methoxy groups -OCH3 is 1. The number of ether oxygens (including phenoxy) is 1. The first-order valence-corrected chi connectivity index (χ1v) is 6.00. The third kappa shape index (κ3) is 3.27. The van der Waals surface area contributed by atoms with E-state index in [4.69, 9.17) is 27.9 Å². The van der Waals surface area contributed by atoms with Crippen LogP contribution in [0, 0.1) is 5.92 Å². The quantitative estimate of drug-likeness (QED) is 0.880. The first-order chi connectivity index (χ1) is 7.62. The molecule has 1 rings (SSSR count).